The number of benzene rings is 1. The first-order valence-corrected chi connectivity index (χ1v) is 7.77. The maximum atomic E-state index is 12.5. The summed E-state index contributed by atoms with van der Waals surface area (Å²) in [6.45, 7) is 7.89. The van der Waals surface area contributed by atoms with Gasteiger partial charge in [0.1, 0.15) is 0 Å². The van der Waals surface area contributed by atoms with Gasteiger partial charge in [0.05, 0.1) is 10.6 Å². The molecule has 0 bridgehead atoms. The van der Waals surface area contributed by atoms with E-state index in [1.807, 2.05) is 18.7 Å². The number of carbonyl (C=O) groups excluding carboxylic acids is 1. The van der Waals surface area contributed by atoms with Gasteiger partial charge >= 0.3 is 0 Å². The smallest absolute Gasteiger partial charge is 0.255 e. The number of carbonyl (C=O) groups is 1. The molecule has 0 aliphatic carbocycles. The van der Waals surface area contributed by atoms with Crippen LogP contribution >= 0.6 is 23.2 Å². The second kappa shape index (κ2) is 6.53. The van der Waals surface area contributed by atoms with Crippen molar-refractivity contribution in [2.24, 2.45) is 5.73 Å². The predicted octanol–water partition coefficient (Wildman–Crippen LogP) is 2.49. The minimum Gasteiger partial charge on any atom is -0.336 e. The Labute approximate surface area is 135 Å². The van der Waals surface area contributed by atoms with Gasteiger partial charge < -0.3 is 10.6 Å². The summed E-state index contributed by atoms with van der Waals surface area (Å²) in [4.78, 5) is 16.6. The summed E-state index contributed by atoms with van der Waals surface area (Å²) in [5.74, 6) is -0.0386. The van der Waals surface area contributed by atoms with E-state index in [4.69, 9.17) is 28.9 Å². The number of nitrogens with two attached hydrogens (primary N) is 1. The third-order valence-electron chi connectivity index (χ3n) is 3.45. The van der Waals surface area contributed by atoms with Gasteiger partial charge in [0, 0.05) is 43.3 Å². The van der Waals surface area contributed by atoms with Crippen molar-refractivity contribution >= 4 is 29.1 Å². The molecule has 0 radical (unpaired) electrons. The number of rotatable bonds is 3. The normalized spacial score (nSPS) is 17.1. The quantitative estimate of drug-likeness (QED) is 0.926. The Balaban J connectivity index is 1.97. The van der Waals surface area contributed by atoms with Crippen LogP contribution in [0, 0.1) is 0 Å². The zero-order chi connectivity index (χ0) is 15.6. The highest BCUT2D eigenvalue weighted by Crippen LogP contribution is 2.22. The van der Waals surface area contributed by atoms with Gasteiger partial charge in [-0.1, -0.05) is 23.2 Å². The second-order valence-electron chi connectivity index (χ2n) is 6.18. The molecule has 1 heterocycles. The topological polar surface area (TPSA) is 49.6 Å². The van der Waals surface area contributed by atoms with Crippen LogP contribution in [0.2, 0.25) is 10.0 Å². The van der Waals surface area contributed by atoms with Crippen molar-refractivity contribution in [2.45, 2.75) is 19.4 Å². The van der Waals surface area contributed by atoms with Crippen molar-refractivity contribution in [2.75, 3.05) is 32.7 Å². The van der Waals surface area contributed by atoms with Crippen molar-refractivity contribution < 1.29 is 4.79 Å². The molecule has 0 aromatic heterocycles. The Bertz CT molecular complexity index is 520. The first-order valence-electron chi connectivity index (χ1n) is 7.02. The second-order valence-corrected chi connectivity index (χ2v) is 7.02. The number of amides is 1. The molecule has 4 nitrogen and oxygen atoms in total. The number of piperazine rings is 1. The summed E-state index contributed by atoms with van der Waals surface area (Å²) >= 11 is 12.0. The van der Waals surface area contributed by atoms with Gasteiger partial charge in [0.15, 0.2) is 0 Å². The lowest BCUT2D eigenvalue weighted by atomic mass is 10.1. The lowest BCUT2D eigenvalue weighted by molar-refractivity contribution is 0.0616. The number of hydrogen-bond donors (Lipinski definition) is 1. The fourth-order valence-corrected chi connectivity index (χ4v) is 3.01. The molecule has 1 amide bonds. The molecule has 1 aromatic rings. The Kier molecular flexibility index (Phi) is 5.15. The maximum absolute atomic E-state index is 12.5. The fraction of sp³-hybridized carbons (Fsp3) is 0.533. The Morgan fingerprint density at radius 2 is 1.86 bits per heavy atom. The third-order valence-corrected chi connectivity index (χ3v) is 4.00. The molecule has 21 heavy (non-hydrogen) atoms. The molecule has 0 unspecified atom stereocenters. The van der Waals surface area contributed by atoms with Crippen LogP contribution in [0.4, 0.5) is 0 Å². The molecule has 1 fully saturated rings. The van der Waals surface area contributed by atoms with Crippen molar-refractivity contribution in [3.63, 3.8) is 0 Å². The highest BCUT2D eigenvalue weighted by Gasteiger charge is 2.25. The average Bonchev–Trinajstić information content (AvgIpc) is 2.37. The van der Waals surface area contributed by atoms with Gasteiger partial charge in [-0.3, -0.25) is 9.69 Å². The summed E-state index contributed by atoms with van der Waals surface area (Å²) in [5.41, 5.74) is 6.33. The van der Waals surface area contributed by atoms with Gasteiger partial charge in [-0.2, -0.15) is 0 Å². The average molecular weight is 330 g/mol. The van der Waals surface area contributed by atoms with E-state index in [1.165, 1.54) is 0 Å². The first kappa shape index (κ1) is 16.6. The van der Waals surface area contributed by atoms with E-state index >= 15 is 0 Å². The minimum atomic E-state index is -0.217. The molecular formula is C15H21Cl2N3O. The van der Waals surface area contributed by atoms with Crippen molar-refractivity contribution in [1.82, 2.24) is 9.80 Å². The van der Waals surface area contributed by atoms with Crippen LogP contribution in [0.5, 0.6) is 0 Å². The van der Waals surface area contributed by atoms with Crippen LogP contribution in [0.15, 0.2) is 18.2 Å². The van der Waals surface area contributed by atoms with E-state index in [0.717, 1.165) is 19.6 Å². The summed E-state index contributed by atoms with van der Waals surface area (Å²) < 4.78 is 0. The molecule has 0 spiro atoms. The molecule has 116 valence electrons. The Morgan fingerprint density at radius 3 is 2.38 bits per heavy atom. The van der Waals surface area contributed by atoms with Crippen LogP contribution in [0.1, 0.15) is 24.2 Å². The first-order chi connectivity index (χ1) is 9.76. The molecule has 2 rings (SSSR count). The van der Waals surface area contributed by atoms with E-state index in [9.17, 15) is 4.79 Å². The molecule has 1 saturated heterocycles. The van der Waals surface area contributed by atoms with Gasteiger partial charge in [0.25, 0.3) is 5.91 Å². The Morgan fingerprint density at radius 1 is 1.24 bits per heavy atom. The summed E-state index contributed by atoms with van der Waals surface area (Å²) in [6.07, 6.45) is 0. The van der Waals surface area contributed by atoms with E-state index in [-0.39, 0.29) is 11.4 Å². The number of hydrogen-bond acceptors (Lipinski definition) is 3. The van der Waals surface area contributed by atoms with Crippen molar-refractivity contribution in [3.8, 4) is 0 Å². The van der Waals surface area contributed by atoms with E-state index < -0.39 is 0 Å². The molecule has 1 aromatic carbocycles. The molecule has 2 N–H and O–H groups in total. The monoisotopic (exact) mass is 329 g/mol. The summed E-state index contributed by atoms with van der Waals surface area (Å²) in [7, 11) is 0. The highest BCUT2D eigenvalue weighted by molar-refractivity contribution is 6.36. The number of nitrogens with zero attached hydrogens (tertiary/aromatic N) is 2. The largest absolute Gasteiger partial charge is 0.336 e. The van der Waals surface area contributed by atoms with E-state index in [0.29, 0.717) is 28.7 Å². The van der Waals surface area contributed by atoms with Crippen LogP contribution in [0.25, 0.3) is 0 Å². The summed E-state index contributed by atoms with van der Waals surface area (Å²) in [6, 6.07) is 4.97. The molecular weight excluding hydrogens is 309 g/mol. The molecule has 1 aliphatic rings. The van der Waals surface area contributed by atoms with Crippen LogP contribution in [-0.2, 0) is 0 Å². The zero-order valence-electron chi connectivity index (χ0n) is 12.4. The predicted molar refractivity (Wildman–Crippen MR) is 87.1 cm³/mol. The summed E-state index contributed by atoms with van der Waals surface area (Å²) in [5, 5.41) is 0.935. The molecule has 6 heteroatoms. The molecule has 0 atom stereocenters. The fourth-order valence-electron chi connectivity index (χ4n) is 2.52. The SMILES string of the molecule is CC(C)(N)CN1CCN(C(=O)c2ccc(Cl)cc2Cl)CC1. The highest BCUT2D eigenvalue weighted by atomic mass is 35.5. The Hall–Kier alpha value is -0.810. The molecule has 1 aliphatic heterocycles. The van der Waals surface area contributed by atoms with Gasteiger partial charge in [-0.15, -0.1) is 0 Å². The standard InChI is InChI=1S/C15H21Cl2N3O/c1-15(2,18)10-19-5-7-20(8-6-19)14(21)12-4-3-11(16)9-13(12)17/h3-4,9H,5-8,10,18H2,1-2H3. The van der Waals surface area contributed by atoms with Crippen molar-refractivity contribution in [1.29, 1.82) is 0 Å². The third kappa shape index (κ3) is 4.58. The number of halogens is 2. The zero-order valence-corrected chi connectivity index (χ0v) is 13.9. The van der Waals surface area contributed by atoms with Crippen molar-refractivity contribution in [3.05, 3.63) is 33.8 Å². The lowest BCUT2D eigenvalue weighted by Gasteiger charge is -2.37. The maximum Gasteiger partial charge on any atom is 0.255 e. The van der Waals surface area contributed by atoms with Crippen LogP contribution in [-0.4, -0.2) is 54.0 Å². The van der Waals surface area contributed by atoms with Gasteiger partial charge in [-0.05, 0) is 32.0 Å². The van der Waals surface area contributed by atoms with E-state index in [2.05, 4.69) is 4.90 Å². The van der Waals surface area contributed by atoms with Crippen LogP contribution in [0.3, 0.4) is 0 Å². The minimum absolute atomic E-state index is 0.0386. The molecule has 0 saturated carbocycles. The van der Waals surface area contributed by atoms with Gasteiger partial charge in [0.2, 0.25) is 0 Å². The van der Waals surface area contributed by atoms with Gasteiger partial charge in [-0.25, -0.2) is 0 Å². The van der Waals surface area contributed by atoms with E-state index in [1.54, 1.807) is 18.2 Å². The lowest BCUT2D eigenvalue weighted by Crippen LogP contribution is -2.54. The van der Waals surface area contributed by atoms with Crippen LogP contribution < -0.4 is 5.73 Å².